The zero-order valence-corrected chi connectivity index (χ0v) is 12.3. The number of nitrogens with zero attached hydrogens (tertiary/aromatic N) is 3. The maximum Gasteiger partial charge on any atom is 0.232 e. The molecule has 0 saturated carbocycles. The molecule has 0 amide bonds. The van der Waals surface area contributed by atoms with E-state index < -0.39 is 0 Å². The normalized spacial score (nSPS) is 11.6. The van der Waals surface area contributed by atoms with E-state index in [-0.39, 0.29) is 5.54 Å². The first-order valence-corrected chi connectivity index (χ1v) is 6.54. The second kappa shape index (κ2) is 5.48. The number of para-hydroxylation sites is 1. The van der Waals surface area contributed by atoms with Gasteiger partial charge in [-0.25, -0.2) is 4.98 Å². The largest absolute Gasteiger partial charge is 0.475 e. The first-order valence-electron chi connectivity index (χ1n) is 6.54. The molecule has 0 bridgehead atoms. The first kappa shape index (κ1) is 14.3. The Morgan fingerprint density at radius 1 is 1.30 bits per heavy atom. The van der Waals surface area contributed by atoms with Crippen molar-refractivity contribution in [1.29, 1.82) is 5.26 Å². The summed E-state index contributed by atoms with van der Waals surface area (Å²) in [6.07, 6.45) is 0. The number of aromatic nitrogens is 1. The third-order valence-corrected chi connectivity index (χ3v) is 3.58. The lowest BCUT2D eigenvalue weighted by Crippen LogP contribution is -2.43. The number of pyridine rings is 1. The average Bonchev–Trinajstić information content (AvgIpc) is 2.43. The molecule has 2 rings (SSSR count). The van der Waals surface area contributed by atoms with Crippen LogP contribution in [0.4, 0.5) is 0 Å². The minimum atomic E-state index is -0.125. The Hall–Kier alpha value is -2.12. The van der Waals surface area contributed by atoms with Gasteiger partial charge in [-0.1, -0.05) is 18.2 Å². The summed E-state index contributed by atoms with van der Waals surface area (Å²) in [4.78, 5) is 6.53. The third kappa shape index (κ3) is 2.89. The summed E-state index contributed by atoms with van der Waals surface area (Å²) in [7, 11) is 4.00. The lowest BCUT2D eigenvalue weighted by molar-refractivity contribution is 0.111. The van der Waals surface area contributed by atoms with Crippen molar-refractivity contribution in [3.8, 4) is 11.9 Å². The summed E-state index contributed by atoms with van der Waals surface area (Å²) >= 11 is 0. The molecular weight excluding hydrogens is 250 g/mol. The summed E-state index contributed by atoms with van der Waals surface area (Å²) < 4.78 is 5.79. The van der Waals surface area contributed by atoms with Gasteiger partial charge in [0.1, 0.15) is 18.2 Å². The van der Waals surface area contributed by atoms with E-state index in [1.807, 2.05) is 44.4 Å². The number of rotatable bonds is 4. The molecule has 0 N–H and O–H groups in total. The van der Waals surface area contributed by atoms with Gasteiger partial charge in [0.25, 0.3) is 0 Å². The molecule has 0 aliphatic carbocycles. The molecule has 1 aromatic heterocycles. The Balaban J connectivity index is 2.32. The molecule has 20 heavy (non-hydrogen) atoms. The smallest absolute Gasteiger partial charge is 0.232 e. The summed E-state index contributed by atoms with van der Waals surface area (Å²) in [5.41, 5.74) is 1.18. The Morgan fingerprint density at radius 3 is 2.65 bits per heavy atom. The van der Waals surface area contributed by atoms with Crippen molar-refractivity contribution in [2.75, 3.05) is 20.7 Å². The van der Waals surface area contributed by atoms with E-state index in [1.165, 1.54) is 0 Å². The molecule has 0 spiro atoms. The van der Waals surface area contributed by atoms with Crippen LogP contribution in [0.1, 0.15) is 19.4 Å². The van der Waals surface area contributed by atoms with Crippen LogP contribution in [0.3, 0.4) is 0 Å². The molecule has 0 aliphatic heterocycles. The molecule has 4 heteroatoms. The number of benzene rings is 1. The van der Waals surface area contributed by atoms with Gasteiger partial charge in [-0.3, -0.25) is 0 Å². The predicted octanol–water partition coefficient (Wildman–Crippen LogP) is 2.83. The van der Waals surface area contributed by atoms with Crippen LogP contribution in [-0.2, 0) is 0 Å². The van der Waals surface area contributed by atoms with Gasteiger partial charge >= 0.3 is 0 Å². The van der Waals surface area contributed by atoms with E-state index in [1.54, 1.807) is 0 Å². The minimum absolute atomic E-state index is 0.125. The van der Waals surface area contributed by atoms with Crippen LogP contribution in [0.2, 0.25) is 0 Å². The van der Waals surface area contributed by atoms with Crippen LogP contribution in [0.25, 0.3) is 10.9 Å². The van der Waals surface area contributed by atoms with Gasteiger partial charge in [0.15, 0.2) is 0 Å². The van der Waals surface area contributed by atoms with E-state index in [0.717, 1.165) is 10.9 Å². The van der Waals surface area contributed by atoms with Gasteiger partial charge in [0.2, 0.25) is 5.88 Å². The highest BCUT2D eigenvalue weighted by Gasteiger charge is 2.22. The molecule has 4 nitrogen and oxygen atoms in total. The third-order valence-electron chi connectivity index (χ3n) is 3.58. The zero-order valence-electron chi connectivity index (χ0n) is 12.3. The maximum atomic E-state index is 9.24. The number of fused-ring (bicyclic) bond motifs is 1. The first-order chi connectivity index (χ1) is 9.44. The van der Waals surface area contributed by atoms with Gasteiger partial charge in [0.05, 0.1) is 5.52 Å². The molecule has 1 heterocycles. The summed E-state index contributed by atoms with van der Waals surface area (Å²) in [6, 6.07) is 11.7. The molecule has 0 radical (unpaired) electrons. The van der Waals surface area contributed by atoms with Crippen LogP contribution >= 0.6 is 0 Å². The summed E-state index contributed by atoms with van der Waals surface area (Å²) in [5, 5.41) is 10.2. The fourth-order valence-electron chi connectivity index (χ4n) is 1.66. The molecule has 0 aliphatic rings. The van der Waals surface area contributed by atoms with Gasteiger partial charge < -0.3 is 9.64 Å². The number of likely N-dealkylation sites (N-methyl/N-ethyl adjacent to an activating group) is 1. The molecule has 1 aromatic carbocycles. The summed E-state index contributed by atoms with van der Waals surface area (Å²) in [5.74, 6) is 0.404. The highest BCUT2D eigenvalue weighted by Crippen LogP contribution is 2.23. The van der Waals surface area contributed by atoms with E-state index in [0.29, 0.717) is 18.1 Å². The molecule has 0 saturated heterocycles. The number of hydrogen-bond acceptors (Lipinski definition) is 4. The van der Waals surface area contributed by atoms with E-state index in [9.17, 15) is 5.26 Å². The number of hydrogen-bond donors (Lipinski definition) is 0. The second-order valence-corrected chi connectivity index (χ2v) is 5.64. The Morgan fingerprint density at radius 2 is 2.00 bits per heavy atom. The standard InChI is InChI=1S/C16H19N3O/c1-16(2,19(3)4)11-20-15-13(10-17)9-12-7-5-6-8-14(12)18-15/h5-9H,11H2,1-4H3. The predicted molar refractivity (Wildman–Crippen MR) is 79.7 cm³/mol. The highest BCUT2D eigenvalue weighted by atomic mass is 16.5. The van der Waals surface area contributed by atoms with Crippen LogP contribution < -0.4 is 4.74 Å². The van der Waals surface area contributed by atoms with Gasteiger partial charge in [0, 0.05) is 10.9 Å². The number of ether oxygens (including phenoxy) is 1. The van der Waals surface area contributed by atoms with Crippen LogP contribution in [0, 0.1) is 11.3 Å². The lowest BCUT2D eigenvalue weighted by atomic mass is 10.1. The van der Waals surface area contributed by atoms with Crippen LogP contribution in [0.5, 0.6) is 5.88 Å². The van der Waals surface area contributed by atoms with Crippen molar-refractivity contribution >= 4 is 10.9 Å². The summed E-state index contributed by atoms with van der Waals surface area (Å²) in [6.45, 7) is 4.64. The zero-order chi connectivity index (χ0) is 14.8. The Bertz CT molecular complexity index is 656. The highest BCUT2D eigenvalue weighted by molar-refractivity contribution is 5.80. The molecule has 0 atom stereocenters. The molecular formula is C16H19N3O. The van der Waals surface area contributed by atoms with Crippen molar-refractivity contribution in [3.05, 3.63) is 35.9 Å². The van der Waals surface area contributed by atoms with Crippen molar-refractivity contribution < 1.29 is 4.74 Å². The van der Waals surface area contributed by atoms with Crippen LogP contribution in [0.15, 0.2) is 30.3 Å². The van der Waals surface area contributed by atoms with E-state index in [4.69, 9.17) is 4.74 Å². The SMILES string of the molecule is CN(C)C(C)(C)COc1nc2ccccc2cc1C#N. The molecule has 104 valence electrons. The van der Waals surface area contributed by atoms with Crippen molar-refractivity contribution in [2.24, 2.45) is 0 Å². The Kier molecular flexibility index (Phi) is 3.91. The van der Waals surface area contributed by atoms with E-state index in [2.05, 4.69) is 29.8 Å². The van der Waals surface area contributed by atoms with Gasteiger partial charge in [-0.2, -0.15) is 5.26 Å². The lowest BCUT2D eigenvalue weighted by Gasteiger charge is -2.32. The topological polar surface area (TPSA) is 49.1 Å². The number of nitriles is 1. The maximum absolute atomic E-state index is 9.24. The van der Waals surface area contributed by atoms with Crippen LogP contribution in [-0.4, -0.2) is 36.1 Å². The fourth-order valence-corrected chi connectivity index (χ4v) is 1.66. The van der Waals surface area contributed by atoms with Gasteiger partial charge in [-0.05, 0) is 40.1 Å². The van der Waals surface area contributed by atoms with E-state index >= 15 is 0 Å². The van der Waals surface area contributed by atoms with Crippen molar-refractivity contribution in [2.45, 2.75) is 19.4 Å². The Labute approximate surface area is 119 Å². The monoisotopic (exact) mass is 269 g/mol. The molecule has 2 aromatic rings. The van der Waals surface area contributed by atoms with Crippen molar-refractivity contribution in [3.63, 3.8) is 0 Å². The minimum Gasteiger partial charge on any atom is -0.475 e. The van der Waals surface area contributed by atoms with Crippen molar-refractivity contribution in [1.82, 2.24) is 9.88 Å². The molecule has 0 unspecified atom stereocenters. The fraction of sp³-hybridized carbons (Fsp3) is 0.375. The van der Waals surface area contributed by atoms with Gasteiger partial charge in [-0.15, -0.1) is 0 Å². The second-order valence-electron chi connectivity index (χ2n) is 5.64. The molecule has 0 fully saturated rings. The quantitative estimate of drug-likeness (QED) is 0.856. The average molecular weight is 269 g/mol.